The van der Waals surface area contributed by atoms with Crippen LogP contribution in [0.25, 0.3) is 11.1 Å². The Balaban J connectivity index is 2.55. The van der Waals surface area contributed by atoms with Crippen molar-refractivity contribution in [3.05, 3.63) is 53.1 Å². The Labute approximate surface area is 108 Å². The largest absolute Gasteiger partial charge is 0.488 e. The van der Waals surface area contributed by atoms with Crippen molar-refractivity contribution in [2.45, 2.75) is 0 Å². The number of hydrogen-bond donors (Lipinski definition) is 2. The SMILES string of the molecule is OB(O)c1ccc(F)c(-c2ccc(F)c(Cl)c2)c1. The lowest BCUT2D eigenvalue weighted by atomic mass is 9.79. The summed E-state index contributed by atoms with van der Waals surface area (Å²) in [6.45, 7) is 0. The predicted molar refractivity (Wildman–Crippen MR) is 66.6 cm³/mol. The molecule has 0 aliphatic carbocycles. The van der Waals surface area contributed by atoms with Crippen LogP contribution in [0.1, 0.15) is 0 Å². The molecular weight excluding hydrogens is 260 g/mol. The molecule has 0 aromatic heterocycles. The van der Waals surface area contributed by atoms with Crippen molar-refractivity contribution in [2.24, 2.45) is 0 Å². The smallest absolute Gasteiger partial charge is 0.423 e. The molecule has 0 bridgehead atoms. The number of hydrogen-bond acceptors (Lipinski definition) is 2. The van der Waals surface area contributed by atoms with E-state index < -0.39 is 18.8 Å². The van der Waals surface area contributed by atoms with Crippen molar-refractivity contribution in [3.8, 4) is 11.1 Å². The Morgan fingerprint density at radius 2 is 1.61 bits per heavy atom. The summed E-state index contributed by atoms with van der Waals surface area (Å²) in [4.78, 5) is 0. The molecule has 0 atom stereocenters. The molecule has 0 aliphatic heterocycles. The Bertz CT molecular complexity index is 590. The zero-order valence-electron chi connectivity index (χ0n) is 9.07. The number of rotatable bonds is 2. The molecule has 2 rings (SSSR count). The zero-order chi connectivity index (χ0) is 13.3. The first-order valence-corrected chi connectivity index (χ1v) is 5.48. The minimum absolute atomic E-state index is 0.123. The molecule has 0 saturated carbocycles. The summed E-state index contributed by atoms with van der Waals surface area (Å²) < 4.78 is 26.7. The molecule has 0 heterocycles. The second-order valence-corrected chi connectivity index (χ2v) is 4.15. The summed E-state index contributed by atoms with van der Waals surface area (Å²) in [7, 11) is -1.69. The van der Waals surface area contributed by atoms with Gasteiger partial charge in [0.15, 0.2) is 0 Å². The summed E-state index contributed by atoms with van der Waals surface area (Å²) in [5, 5.41) is 17.9. The molecule has 2 aromatic carbocycles. The third-order valence-electron chi connectivity index (χ3n) is 2.52. The van der Waals surface area contributed by atoms with Crippen LogP contribution in [0.2, 0.25) is 5.02 Å². The fourth-order valence-electron chi connectivity index (χ4n) is 1.59. The van der Waals surface area contributed by atoms with Gasteiger partial charge in [-0.3, -0.25) is 0 Å². The Kier molecular flexibility index (Phi) is 3.66. The lowest BCUT2D eigenvalue weighted by molar-refractivity contribution is 0.425. The van der Waals surface area contributed by atoms with Crippen molar-refractivity contribution in [3.63, 3.8) is 0 Å². The molecule has 18 heavy (non-hydrogen) atoms. The van der Waals surface area contributed by atoms with Crippen LogP contribution in [0.4, 0.5) is 8.78 Å². The summed E-state index contributed by atoms with van der Waals surface area (Å²) in [5.74, 6) is -1.15. The van der Waals surface area contributed by atoms with Gasteiger partial charge in [-0.1, -0.05) is 29.8 Å². The topological polar surface area (TPSA) is 40.5 Å². The minimum Gasteiger partial charge on any atom is -0.423 e. The van der Waals surface area contributed by atoms with Crippen molar-refractivity contribution in [1.29, 1.82) is 0 Å². The van der Waals surface area contributed by atoms with Crippen LogP contribution in [-0.2, 0) is 0 Å². The first-order valence-electron chi connectivity index (χ1n) is 5.10. The summed E-state index contributed by atoms with van der Waals surface area (Å²) in [5.41, 5.74) is 0.635. The van der Waals surface area contributed by atoms with E-state index in [9.17, 15) is 8.78 Å². The van der Waals surface area contributed by atoms with Gasteiger partial charge in [-0.25, -0.2) is 8.78 Å². The normalized spacial score (nSPS) is 10.5. The Hall–Kier alpha value is -1.43. The van der Waals surface area contributed by atoms with Crippen molar-refractivity contribution >= 4 is 24.2 Å². The maximum atomic E-state index is 13.7. The molecule has 0 amide bonds. The van der Waals surface area contributed by atoms with E-state index >= 15 is 0 Å². The average molecular weight is 268 g/mol. The second kappa shape index (κ2) is 5.06. The third-order valence-corrected chi connectivity index (χ3v) is 2.81. The molecule has 0 fully saturated rings. The predicted octanol–water partition coefficient (Wildman–Crippen LogP) is 1.96. The summed E-state index contributed by atoms with van der Waals surface area (Å²) >= 11 is 5.62. The highest BCUT2D eigenvalue weighted by Crippen LogP contribution is 2.26. The molecular formula is C12H8BClF2O2. The van der Waals surface area contributed by atoms with Crippen molar-refractivity contribution < 1.29 is 18.8 Å². The van der Waals surface area contributed by atoms with Gasteiger partial charge >= 0.3 is 7.12 Å². The lowest BCUT2D eigenvalue weighted by Gasteiger charge is -2.07. The van der Waals surface area contributed by atoms with Gasteiger partial charge in [0.1, 0.15) is 11.6 Å². The highest BCUT2D eigenvalue weighted by Gasteiger charge is 2.15. The van der Waals surface area contributed by atoms with E-state index in [-0.39, 0.29) is 16.0 Å². The van der Waals surface area contributed by atoms with Gasteiger partial charge in [-0.15, -0.1) is 0 Å². The standard InChI is InChI=1S/C12H8BClF2O2/c14-10-5-7(1-3-12(10)16)9-6-8(13(17)18)2-4-11(9)15/h1-6,17-18H. The van der Waals surface area contributed by atoms with E-state index in [2.05, 4.69) is 0 Å². The average Bonchev–Trinajstić information content (AvgIpc) is 2.33. The van der Waals surface area contributed by atoms with E-state index in [1.807, 2.05) is 0 Å². The van der Waals surface area contributed by atoms with Gasteiger partial charge in [0, 0.05) is 5.56 Å². The molecule has 0 spiro atoms. The highest BCUT2D eigenvalue weighted by atomic mass is 35.5. The number of halogens is 3. The van der Waals surface area contributed by atoms with Gasteiger partial charge < -0.3 is 10.0 Å². The van der Waals surface area contributed by atoms with Crippen LogP contribution in [0.5, 0.6) is 0 Å². The molecule has 92 valence electrons. The molecule has 2 aromatic rings. The maximum absolute atomic E-state index is 13.7. The van der Waals surface area contributed by atoms with Gasteiger partial charge in [-0.05, 0) is 29.2 Å². The highest BCUT2D eigenvalue weighted by molar-refractivity contribution is 6.58. The van der Waals surface area contributed by atoms with Crippen LogP contribution in [0.15, 0.2) is 36.4 Å². The first-order chi connectivity index (χ1) is 8.49. The van der Waals surface area contributed by atoms with E-state index in [1.165, 1.54) is 24.3 Å². The second-order valence-electron chi connectivity index (χ2n) is 3.74. The molecule has 0 aliphatic rings. The first kappa shape index (κ1) is 13.0. The van der Waals surface area contributed by atoms with Crippen LogP contribution < -0.4 is 5.46 Å². The maximum Gasteiger partial charge on any atom is 0.488 e. The summed E-state index contributed by atoms with van der Waals surface area (Å²) in [6.07, 6.45) is 0. The quantitative estimate of drug-likeness (QED) is 0.818. The van der Waals surface area contributed by atoms with Gasteiger partial charge in [-0.2, -0.15) is 0 Å². The Morgan fingerprint density at radius 3 is 2.22 bits per heavy atom. The van der Waals surface area contributed by atoms with Crippen LogP contribution in [0.3, 0.4) is 0 Å². The summed E-state index contributed by atoms with van der Waals surface area (Å²) in [6, 6.07) is 7.43. The van der Waals surface area contributed by atoms with E-state index in [0.717, 1.165) is 12.1 Å². The van der Waals surface area contributed by atoms with Crippen LogP contribution in [-0.4, -0.2) is 17.2 Å². The van der Waals surface area contributed by atoms with Crippen LogP contribution >= 0.6 is 11.6 Å². The number of benzene rings is 2. The Morgan fingerprint density at radius 1 is 0.944 bits per heavy atom. The van der Waals surface area contributed by atoms with Crippen molar-refractivity contribution in [1.82, 2.24) is 0 Å². The van der Waals surface area contributed by atoms with Crippen LogP contribution in [0, 0.1) is 11.6 Å². The fourth-order valence-corrected chi connectivity index (χ4v) is 1.77. The molecule has 2 nitrogen and oxygen atoms in total. The minimum atomic E-state index is -1.69. The lowest BCUT2D eigenvalue weighted by Crippen LogP contribution is -2.29. The molecule has 6 heteroatoms. The van der Waals surface area contributed by atoms with Crippen molar-refractivity contribution in [2.75, 3.05) is 0 Å². The fraction of sp³-hybridized carbons (Fsp3) is 0. The van der Waals surface area contributed by atoms with E-state index in [0.29, 0.717) is 5.56 Å². The molecule has 2 N–H and O–H groups in total. The van der Waals surface area contributed by atoms with Gasteiger partial charge in [0.2, 0.25) is 0 Å². The van der Waals surface area contributed by atoms with E-state index in [1.54, 1.807) is 0 Å². The molecule has 0 radical (unpaired) electrons. The molecule has 0 unspecified atom stereocenters. The third kappa shape index (κ3) is 2.53. The molecule has 0 saturated heterocycles. The van der Waals surface area contributed by atoms with E-state index in [4.69, 9.17) is 21.6 Å². The monoisotopic (exact) mass is 268 g/mol. The van der Waals surface area contributed by atoms with Gasteiger partial charge in [0.25, 0.3) is 0 Å². The zero-order valence-corrected chi connectivity index (χ0v) is 9.83. The van der Waals surface area contributed by atoms with Gasteiger partial charge in [0.05, 0.1) is 5.02 Å².